The number of aromatic hydroxyl groups is 1. The maximum Gasteiger partial charge on any atom is 0.356 e. The van der Waals surface area contributed by atoms with E-state index in [1.807, 2.05) is 0 Å². The Hall–Kier alpha value is -2.50. The smallest absolute Gasteiger partial charge is 0.356 e. The minimum Gasteiger partial charge on any atom is -0.507 e. The van der Waals surface area contributed by atoms with Crippen LogP contribution >= 0.6 is 0 Å². The molecule has 104 valence electrons. The van der Waals surface area contributed by atoms with Gasteiger partial charge < -0.3 is 14.9 Å². The molecule has 0 unspecified atom stereocenters. The summed E-state index contributed by atoms with van der Waals surface area (Å²) in [5.74, 6) is -0.200. The third-order valence-electron chi connectivity index (χ3n) is 3.52. The fraction of sp³-hybridized carbons (Fsp3) is 0.286. The lowest BCUT2D eigenvalue weighted by atomic mass is 9.97. The minimum atomic E-state index is -1.09. The molecule has 3 rings (SSSR count). The molecule has 1 aromatic carbocycles. The number of aromatic nitrogens is 2. The lowest BCUT2D eigenvalue weighted by Gasteiger charge is -2.12. The Balaban J connectivity index is 2.27. The predicted molar refractivity (Wildman–Crippen MR) is 71.2 cm³/mol. The van der Waals surface area contributed by atoms with E-state index >= 15 is 0 Å². The van der Waals surface area contributed by atoms with Crippen LogP contribution in [0.15, 0.2) is 12.1 Å². The van der Waals surface area contributed by atoms with Crippen molar-refractivity contribution in [2.75, 3.05) is 6.61 Å². The number of carboxylic acid groups (broad SMARTS) is 1. The van der Waals surface area contributed by atoms with Gasteiger partial charge in [0.1, 0.15) is 11.5 Å². The van der Waals surface area contributed by atoms with Crippen molar-refractivity contribution in [3.8, 4) is 22.8 Å². The Kier molecular flexibility index (Phi) is 2.67. The number of nitrogens with zero attached hydrogens (tertiary/aromatic N) is 2. The number of ether oxygens (including phenoxy) is 1. The molecule has 0 atom stereocenters. The number of carbonyl (C=O) groups is 1. The molecule has 0 fully saturated rings. The summed E-state index contributed by atoms with van der Waals surface area (Å²) in [6, 6.07) is 3.27. The van der Waals surface area contributed by atoms with Crippen LogP contribution in [0.5, 0.6) is 11.5 Å². The fourth-order valence-corrected chi connectivity index (χ4v) is 2.54. The van der Waals surface area contributed by atoms with Gasteiger partial charge in [-0.05, 0) is 24.6 Å². The van der Waals surface area contributed by atoms with Gasteiger partial charge in [0.25, 0.3) is 0 Å². The van der Waals surface area contributed by atoms with Gasteiger partial charge in [-0.2, -0.15) is 5.10 Å². The molecule has 0 bridgehead atoms. The summed E-state index contributed by atoms with van der Waals surface area (Å²) in [5.41, 5.74) is 2.73. The minimum absolute atomic E-state index is 0.0453. The lowest BCUT2D eigenvalue weighted by molar-refractivity contribution is 0.0689. The first-order valence-corrected chi connectivity index (χ1v) is 6.25. The SMILES string of the molecule is Cc1cc2c(c(-c3cc(C(=O)O)nn3C)c1O)CCO2. The Morgan fingerprint density at radius 3 is 2.85 bits per heavy atom. The molecule has 2 N–H and O–H groups in total. The zero-order chi connectivity index (χ0) is 14.4. The summed E-state index contributed by atoms with van der Waals surface area (Å²) in [6.45, 7) is 2.35. The number of hydrogen-bond acceptors (Lipinski definition) is 4. The first kappa shape index (κ1) is 12.5. The van der Waals surface area contributed by atoms with Crippen molar-refractivity contribution in [1.82, 2.24) is 9.78 Å². The summed E-state index contributed by atoms with van der Waals surface area (Å²) >= 11 is 0. The largest absolute Gasteiger partial charge is 0.507 e. The Morgan fingerprint density at radius 1 is 1.45 bits per heavy atom. The second-order valence-electron chi connectivity index (χ2n) is 4.84. The molecule has 1 aromatic heterocycles. The first-order valence-electron chi connectivity index (χ1n) is 6.25. The Morgan fingerprint density at radius 2 is 2.20 bits per heavy atom. The Bertz CT molecular complexity index is 718. The summed E-state index contributed by atoms with van der Waals surface area (Å²) in [6.07, 6.45) is 0.687. The molecule has 6 heteroatoms. The van der Waals surface area contributed by atoms with Crippen molar-refractivity contribution in [2.24, 2.45) is 7.05 Å². The van der Waals surface area contributed by atoms with E-state index in [-0.39, 0.29) is 11.4 Å². The van der Waals surface area contributed by atoms with E-state index in [9.17, 15) is 9.90 Å². The van der Waals surface area contributed by atoms with Crippen molar-refractivity contribution in [2.45, 2.75) is 13.3 Å². The molecule has 0 radical (unpaired) electrons. The van der Waals surface area contributed by atoms with Gasteiger partial charge in [-0.25, -0.2) is 4.79 Å². The van der Waals surface area contributed by atoms with E-state index in [0.29, 0.717) is 29.8 Å². The van der Waals surface area contributed by atoms with Gasteiger partial charge in [0.2, 0.25) is 0 Å². The van der Waals surface area contributed by atoms with Crippen LogP contribution < -0.4 is 4.74 Å². The van der Waals surface area contributed by atoms with E-state index in [1.165, 1.54) is 10.7 Å². The quantitative estimate of drug-likeness (QED) is 0.871. The molecular formula is C14H14N2O4. The van der Waals surface area contributed by atoms with Crippen molar-refractivity contribution in [3.05, 3.63) is 29.0 Å². The van der Waals surface area contributed by atoms with Crippen LogP contribution in [0.25, 0.3) is 11.3 Å². The average molecular weight is 274 g/mol. The Labute approximate surface area is 115 Å². The molecule has 20 heavy (non-hydrogen) atoms. The number of aryl methyl sites for hydroxylation is 2. The van der Waals surface area contributed by atoms with Gasteiger partial charge in [-0.3, -0.25) is 4.68 Å². The molecule has 0 saturated carbocycles. The van der Waals surface area contributed by atoms with Crippen LogP contribution in [0, 0.1) is 6.92 Å². The van der Waals surface area contributed by atoms with Crippen molar-refractivity contribution in [1.29, 1.82) is 0 Å². The normalized spacial score (nSPS) is 13.1. The van der Waals surface area contributed by atoms with Crippen LogP contribution in [0.3, 0.4) is 0 Å². The standard InChI is InChI=1S/C14H14N2O4/c1-7-5-11-8(3-4-20-11)12(13(7)17)10-6-9(14(18)19)15-16(10)2/h5-6,17H,3-4H2,1-2H3,(H,18,19). The highest BCUT2D eigenvalue weighted by atomic mass is 16.5. The fourth-order valence-electron chi connectivity index (χ4n) is 2.54. The molecule has 2 heterocycles. The van der Waals surface area contributed by atoms with Gasteiger partial charge in [0, 0.05) is 24.6 Å². The summed E-state index contributed by atoms with van der Waals surface area (Å²) in [4.78, 5) is 11.0. The molecule has 1 aliphatic rings. The van der Waals surface area contributed by atoms with Gasteiger partial charge in [-0.15, -0.1) is 0 Å². The van der Waals surface area contributed by atoms with Crippen LogP contribution in [0.2, 0.25) is 0 Å². The summed E-state index contributed by atoms with van der Waals surface area (Å²) in [5, 5.41) is 23.3. The third-order valence-corrected chi connectivity index (χ3v) is 3.52. The number of phenols is 1. The number of benzene rings is 1. The van der Waals surface area contributed by atoms with Crippen molar-refractivity contribution in [3.63, 3.8) is 0 Å². The number of fused-ring (bicyclic) bond motifs is 1. The molecule has 0 aliphatic carbocycles. The number of phenolic OH excluding ortho intramolecular Hbond substituents is 1. The van der Waals surface area contributed by atoms with Crippen LogP contribution in [0.4, 0.5) is 0 Å². The number of carboxylic acids is 1. The highest BCUT2D eigenvalue weighted by molar-refractivity contribution is 5.88. The van der Waals surface area contributed by atoms with Gasteiger partial charge >= 0.3 is 5.97 Å². The van der Waals surface area contributed by atoms with Crippen LogP contribution in [-0.2, 0) is 13.5 Å². The van der Waals surface area contributed by atoms with Crippen LogP contribution in [0.1, 0.15) is 21.6 Å². The monoisotopic (exact) mass is 274 g/mol. The van der Waals surface area contributed by atoms with Crippen molar-refractivity contribution >= 4 is 5.97 Å². The molecule has 6 nitrogen and oxygen atoms in total. The zero-order valence-electron chi connectivity index (χ0n) is 11.2. The van der Waals surface area contributed by atoms with Crippen molar-refractivity contribution < 1.29 is 19.7 Å². The second-order valence-corrected chi connectivity index (χ2v) is 4.84. The molecule has 1 aliphatic heterocycles. The molecule has 2 aromatic rings. The van der Waals surface area contributed by atoms with E-state index in [0.717, 1.165) is 11.3 Å². The van der Waals surface area contributed by atoms with Gasteiger partial charge in [0.05, 0.1) is 12.3 Å². The van der Waals surface area contributed by atoms with E-state index < -0.39 is 5.97 Å². The second kappa shape index (κ2) is 4.26. The lowest BCUT2D eigenvalue weighted by Crippen LogP contribution is -2.00. The topological polar surface area (TPSA) is 84.6 Å². The third kappa shape index (κ3) is 1.72. The van der Waals surface area contributed by atoms with Gasteiger partial charge in [-0.1, -0.05) is 0 Å². The molecular weight excluding hydrogens is 260 g/mol. The van der Waals surface area contributed by atoms with E-state index in [2.05, 4.69) is 5.10 Å². The molecule has 0 amide bonds. The maximum absolute atomic E-state index is 11.0. The number of hydrogen-bond donors (Lipinski definition) is 2. The maximum atomic E-state index is 11.0. The zero-order valence-corrected chi connectivity index (χ0v) is 11.2. The average Bonchev–Trinajstić information content (AvgIpc) is 2.98. The first-order chi connectivity index (χ1) is 9.49. The number of rotatable bonds is 2. The highest BCUT2D eigenvalue weighted by Gasteiger charge is 2.25. The highest BCUT2D eigenvalue weighted by Crippen LogP contribution is 2.43. The number of aromatic carboxylic acids is 1. The predicted octanol–water partition coefficient (Wildman–Crippen LogP) is 1.73. The van der Waals surface area contributed by atoms with Crippen LogP contribution in [-0.4, -0.2) is 32.6 Å². The van der Waals surface area contributed by atoms with E-state index in [1.54, 1.807) is 20.0 Å². The molecule has 0 saturated heterocycles. The summed E-state index contributed by atoms with van der Waals surface area (Å²) in [7, 11) is 1.66. The summed E-state index contributed by atoms with van der Waals surface area (Å²) < 4.78 is 7.00. The molecule has 0 spiro atoms. The van der Waals surface area contributed by atoms with E-state index in [4.69, 9.17) is 9.84 Å². The van der Waals surface area contributed by atoms with Gasteiger partial charge in [0.15, 0.2) is 5.69 Å².